The highest BCUT2D eigenvalue weighted by atomic mass is 16.5. The largest absolute Gasteiger partial charge is 0.467 e. The molecule has 168 valence electrons. The Morgan fingerprint density at radius 2 is 1.90 bits per heavy atom. The van der Waals surface area contributed by atoms with Gasteiger partial charge < -0.3 is 19.4 Å². The fourth-order valence-electron chi connectivity index (χ4n) is 7.07. The second-order valence-electron chi connectivity index (χ2n) is 10.4. The van der Waals surface area contributed by atoms with E-state index < -0.39 is 11.9 Å². The number of amides is 2. The molecule has 31 heavy (non-hydrogen) atoms. The van der Waals surface area contributed by atoms with Crippen molar-refractivity contribution in [2.45, 2.75) is 64.5 Å². The van der Waals surface area contributed by atoms with Gasteiger partial charge in [0.05, 0.1) is 18.7 Å². The number of ether oxygens (including phenoxy) is 1. The predicted octanol–water partition coefficient (Wildman–Crippen LogP) is 2.89. The Morgan fingerprint density at radius 1 is 1.23 bits per heavy atom. The molecule has 0 radical (unpaired) electrons. The molecule has 1 saturated heterocycles. The Hall–Kier alpha value is -2.31. The monoisotopic (exact) mass is 428 g/mol. The maximum Gasteiger partial charge on any atom is 0.311 e. The third-order valence-electron chi connectivity index (χ3n) is 8.20. The van der Waals surface area contributed by atoms with Gasteiger partial charge in [-0.1, -0.05) is 0 Å². The molecule has 1 aromatic rings. The average molecular weight is 429 g/mol. The van der Waals surface area contributed by atoms with Crippen molar-refractivity contribution in [1.29, 1.82) is 0 Å². The molecule has 1 N–H and O–H groups in total. The maximum absolute atomic E-state index is 12.5. The first-order chi connectivity index (χ1) is 14.9. The predicted molar refractivity (Wildman–Crippen MR) is 111 cm³/mol. The lowest BCUT2D eigenvalue weighted by Gasteiger charge is -2.59. The Kier molecular flexibility index (Phi) is 5.30. The Labute approximate surface area is 182 Å². The quantitative estimate of drug-likeness (QED) is 0.675. The van der Waals surface area contributed by atoms with Gasteiger partial charge in [-0.15, -0.1) is 0 Å². The van der Waals surface area contributed by atoms with E-state index in [4.69, 9.17) is 9.15 Å². The molecule has 1 aromatic heterocycles. The molecule has 4 bridgehead atoms. The molecular formula is C24H32N2O5. The first-order valence-electron chi connectivity index (χ1n) is 11.7. The second kappa shape index (κ2) is 7.99. The number of furan rings is 1. The van der Waals surface area contributed by atoms with E-state index in [1.807, 2.05) is 0 Å². The second-order valence-corrected chi connectivity index (χ2v) is 10.4. The fraction of sp³-hybridized carbons (Fsp3) is 0.708. The zero-order valence-electron chi connectivity index (χ0n) is 18.2. The summed E-state index contributed by atoms with van der Waals surface area (Å²) in [6.07, 6.45) is 9.44. The summed E-state index contributed by atoms with van der Waals surface area (Å²) in [5, 5.41) is 3.12. The van der Waals surface area contributed by atoms with Crippen molar-refractivity contribution in [2.24, 2.45) is 29.1 Å². The van der Waals surface area contributed by atoms with Crippen LogP contribution in [0.2, 0.25) is 0 Å². The molecule has 7 nitrogen and oxygen atoms in total. The van der Waals surface area contributed by atoms with Gasteiger partial charge in [-0.25, -0.2) is 0 Å². The molecule has 1 aliphatic heterocycles. The smallest absolute Gasteiger partial charge is 0.311 e. The van der Waals surface area contributed by atoms with Crippen LogP contribution in [0.5, 0.6) is 0 Å². The fourth-order valence-corrected chi connectivity index (χ4v) is 7.07. The lowest BCUT2D eigenvalue weighted by molar-refractivity contribution is -0.153. The number of likely N-dealkylation sites (tertiary alicyclic amines) is 1. The van der Waals surface area contributed by atoms with Crippen molar-refractivity contribution in [3.8, 4) is 0 Å². The Balaban J connectivity index is 1.09. The lowest BCUT2D eigenvalue weighted by Crippen LogP contribution is -2.56. The molecule has 5 aliphatic rings. The lowest BCUT2D eigenvalue weighted by atomic mass is 9.48. The van der Waals surface area contributed by atoms with Crippen LogP contribution in [0.15, 0.2) is 22.8 Å². The van der Waals surface area contributed by atoms with Crippen LogP contribution in [0.4, 0.5) is 0 Å². The average Bonchev–Trinajstić information content (AvgIpc) is 3.35. The summed E-state index contributed by atoms with van der Waals surface area (Å²) in [7, 11) is 0. The molecule has 2 heterocycles. The number of esters is 1. The SMILES string of the molecule is C[C@@H](NC(=O)COC(=O)[C@@H]1CC(=O)N(Cc2ccco2)C1)C12CC3CC(CC(C3)C1)C2. The van der Waals surface area contributed by atoms with Crippen molar-refractivity contribution in [3.63, 3.8) is 0 Å². The minimum atomic E-state index is -0.532. The zero-order valence-corrected chi connectivity index (χ0v) is 18.2. The van der Waals surface area contributed by atoms with E-state index in [1.165, 1.54) is 38.5 Å². The van der Waals surface area contributed by atoms with E-state index in [2.05, 4.69) is 12.2 Å². The van der Waals surface area contributed by atoms with Gasteiger partial charge in [0.15, 0.2) is 6.61 Å². The third-order valence-corrected chi connectivity index (χ3v) is 8.20. The molecule has 6 rings (SSSR count). The summed E-state index contributed by atoms with van der Waals surface area (Å²) in [6, 6.07) is 3.67. The van der Waals surface area contributed by atoms with Crippen molar-refractivity contribution in [2.75, 3.05) is 13.2 Å². The molecule has 2 amide bonds. The summed E-state index contributed by atoms with van der Waals surface area (Å²) in [6.45, 7) is 2.48. The number of carbonyl (C=O) groups excluding carboxylic acids is 3. The van der Waals surface area contributed by atoms with Crippen LogP contribution >= 0.6 is 0 Å². The Bertz CT molecular complexity index is 813. The van der Waals surface area contributed by atoms with Crippen molar-refractivity contribution >= 4 is 17.8 Å². The van der Waals surface area contributed by atoms with Crippen LogP contribution < -0.4 is 5.32 Å². The van der Waals surface area contributed by atoms with Gasteiger partial charge in [-0.3, -0.25) is 14.4 Å². The van der Waals surface area contributed by atoms with Crippen LogP contribution in [0.3, 0.4) is 0 Å². The first-order valence-corrected chi connectivity index (χ1v) is 11.7. The molecule has 7 heteroatoms. The number of nitrogens with one attached hydrogen (secondary N) is 1. The van der Waals surface area contributed by atoms with Crippen LogP contribution in [0.25, 0.3) is 0 Å². The highest BCUT2D eigenvalue weighted by Crippen LogP contribution is 2.61. The van der Waals surface area contributed by atoms with Gasteiger partial charge in [-0.05, 0) is 80.8 Å². The van der Waals surface area contributed by atoms with E-state index in [-0.39, 0.29) is 36.3 Å². The number of carbonyl (C=O) groups is 3. The molecule has 0 unspecified atom stereocenters. The normalized spacial score (nSPS) is 34.7. The number of hydrogen-bond donors (Lipinski definition) is 1. The van der Waals surface area contributed by atoms with Gasteiger partial charge in [-0.2, -0.15) is 0 Å². The minimum absolute atomic E-state index is 0.0989. The summed E-state index contributed by atoms with van der Waals surface area (Å²) in [4.78, 5) is 38.8. The molecule has 4 saturated carbocycles. The molecular weight excluding hydrogens is 396 g/mol. The summed E-state index contributed by atoms with van der Waals surface area (Å²) in [5.41, 5.74) is 0.221. The molecule has 4 aliphatic carbocycles. The van der Waals surface area contributed by atoms with Gasteiger partial charge in [0.1, 0.15) is 5.76 Å². The van der Waals surface area contributed by atoms with Gasteiger partial charge in [0, 0.05) is 19.0 Å². The van der Waals surface area contributed by atoms with Crippen molar-refractivity contribution < 1.29 is 23.5 Å². The zero-order chi connectivity index (χ0) is 21.6. The molecule has 0 aromatic carbocycles. The van der Waals surface area contributed by atoms with Gasteiger partial charge >= 0.3 is 5.97 Å². The number of hydrogen-bond acceptors (Lipinski definition) is 5. The minimum Gasteiger partial charge on any atom is -0.467 e. The highest BCUT2D eigenvalue weighted by Gasteiger charge is 2.53. The van der Waals surface area contributed by atoms with E-state index in [0.717, 1.165) is 17.8 Å². The van der Waals surface area contributed by atoms with Crippen molar-refractivity contribution in [1.82, 2.24) is 10.2 Å². The molecule has 2 atom stereocenters. The summed E-state index contributed by atoms with van der Waals surface area (Å²) < 4.78 is 10.6. The topological polar surface area (TPSA) is 88.8 Å². The summed E-state index contributed by atoms with van der Waals surface area (Å²) in [5.74, 6) is 1.81. The first kappa shape index (κ1) is 20.6. The van der Waals surface area contributed by atoms with E-state index in [1.54, 1.807) is 23.3 Å². The molecule has 0 spiro atoms. The maximum atomic E-state index is 12.5. The standard InChI is InChI=1S/C24H32N2O5/c1-15(24-9-16-5-17(10-24)7-18(6-16)11-24)25-21(27)14-31-23(29)19-8-22(28)26(12-19)13-20-3-2-4-30-20/h2-4,15-19H,5-14H2,1H3,(H,25,27)/t15-,16?,17?,18?,19-,24?/m1/s1. The van der Waals surface area contributed by atoms with Gasteiger partial charge in [0.25, 0.3) is 5.91 Å². The van der Waals surface area contributed by atoms with Gasteiger partial charge in [0.2, 0.25) is 5.91 Å². The number of nitrogens with zero attached hydrogens (tertiary/aromatic N) is 1. The molecule has 5 fully saturated rings. The summed E-state index contributed by atoms with van der Waals surface area (Å²) >= 11 is 0. The van der Waals surface area contributed by atoms with E-state index in [9.17, 15) is 14.4 Å². The highest BCUT2D eigenvalue weighted by molar-refractivity contribution is 5.88. The van der Waals surface area contributed by atoms with Crippen LogP contribution in [-0.2, 0) is 25.7 Å². The van der Waals surface area contributed by atoms with Crippen LogP contribution in [0, 0.1) is 29.1 Å². The third kappa shape index (κ3) is 4.11. The Morgan fingerprint density at radius 3 is 2.52 bits per heavy atom. The van der Waals surface area contributed by atoms with E-state index in [0.29, 0.717) is 18.8 Å². The van der Waals surface area contributed by atoms with Crippen LogP contribution in [0.1, 0.15) is 57.6 Å². The van der Waals surface area contributed by atoms with Crippen molar-refractivity contribution in [3.05, 3.63) is 24.2 Å². The van der Waals surface area contributed by atoms with E-state index >= 15 is 0 Å². The number of rotatable bonds is 7. The van der Waals surface area contributed by atoms with Crippen LogP contribution in [-0.4, -0.2) is 41.9 Å².